The Kier molecular flexibility index (Phi) is 39.4. The number of anilines is 6. The maximum atomic E-state index is 13.9. The van der Waals surface area contributed by atoms with Gasteiger partial charge in [-0.1, -0.05) is 29.3 Å². The van der Waals surface area contributed by atoms with Gasteiger partial charge in [-0.05, 0) is 207 Å². The Balaban J connectivity index is 0.000000212. The Morgan fingerprint density at radius 1 is 0.537 bits per heavy atom. The van der Waals surface area contributed by atoms with E-state index < -0.39 is 62.0 Å². The lowest BCUT2D eigenvalue weighted by Crippen LogP contribution is -2.41. The van der Waals surface area contributed by atoms with E-state index in [1.54, 1.807) is 91.0 Å². The Bertz CT molecular complexity index is 6110. The number of esters is 2. The molecule has 9 aromatic heterocycles. The molecule has 44 heteroatoms. The molecule has 0 spiro atoms. The molecule has 10 N–H and O–H groups in total. The largest absolute Gasteiger partial charge is 0.492 e. The van der Waals surface area contributed by atoms with Gasteiger partial charge in [-0.25, -0.2) is 55.7 Å². The average Bonchev–Trinajstić information content (AvgIpc) is 1.60. The lowest BCUT2D eigenvalue weighted by molar-refractivity contribution is -0.143. The second kappa shape index (κ2) is 48.5. The van der Waals surface area contributed by atoms with E-state index in [-0.39, 0.29) is 101 Å². The highest BCUT2D eigenvalue weighted by atomic mass is 127. The minimum absolute atomic E-state index is 0.0472. The van der Waals surface area contributed by atoms with Crippen LogP contribution in [0.2, 0.25) is 0 Å². The summed E-state index contributed by atoms with van der Waals surface area (Å²) in [6.07, 6.45) is 14.6. The van der Waals surface area contributed by atoms with Gasteiger partial charge in [0.2, 0.25) is 11.8 Å². The van der Waals surface area contributed by atoms with Gasteiger partial charge >= 0.3 is 33.1 Å². The highest BCUT2D eigenvalue weighted by Crippen LogP contribution is 2.45. The number of halogens is 10. The van der Waals surface area contributed by atoms with Crippen LogP contribution in [0.3, 0.4) is 0 Å². The number of pyridine rings is 5. The number of nitrogen functional groups attached to an aromatic ring is 3. The fourth-order valence-corrected chi connectivity index (χ4v) is 14.5. The maximum absolute atomic E-state index is 13.9. The zero-order chi connectivity index (χ0) is 99.8. The predicted molar refractivity (Wildman–Crippen MR) is 507 cm³/mol. The first-order chi connectivity index (χ1) is 63.0. The first kappa shape index (κ1) is 109. The summed E-state index contributed by atoms with van der Waals surface area (Å²) in [4.78, 5) is 67.9. The van der Waals surface area contributed by atoms with Crippen LogP contribution < -0.4 is 38.2 Å². The third-order valence-corrected chi connectivity index (χ3v) is 23.2. The molecule has 134 heavy (non-hydrogen) atoms. The molecular formula is C90H98B3Br2F7IN19O12. The molecule has 4 aliphatic rings. The van der Waals surface area contributed by atoms with Crippen molar-refractivity contribution < 1.29 is 88.1 Å². The molecule has 0 saturated carbocycles. The zero-order valence-corrected chi connectivity index (χ0v) is 81.4. The van der Waals surface area contributed by atoms with Crippen molar-refractivity contribution in [2.24, 2.45) is 28.2 Å². The number of nitrogens with zero attached hydrogens (tertiary/aromatic N) is 14. The van der Waals surface area contributed by atoms with Gasteiger partial charge in [-0.15, -0.1) is 0 Å². The first-order valence-electron chi connectivity index (χ1n) is 41.1. The number of aryl methyl sites for hydroxylation is 4. The molecule has 0 aliphatic carbocycles. The van der Waals surface area contributed by atoms with Gasteiger partial charge in [0, 0.05) is 122 Å². The van der Waals surface area contributed by atoms with Crippen LogP contribution in [0.5, 0.6) is 0 Å². The number of amides is 2. The van der Waals surface area contributed by atoms with Crippen molar-refractivity contribution in [1.82, 2.24) is 48.5 Å². The molecule has 15 rings (SSSR count). The highest BCUT2D eigenvalue weighted by molar-refractivity contribution is 14.1. The molecule has 2 amide bonds. The van der Waals surface area contributed by atoms with E-state index in [9.17, 15) is 60.4 Å². The summed E-state index contributed by atoms with van der Waals surface area (Å²) in [5.41, 5.74) is 22.0. The van der Waals surface area contributed by atoms with E-state index in [1.165, 1.54) is 78.4 Å². The van der Waals surface area contributed by atoms with E-state index in [1.807, 2.05) is 74.7 Å². The van der Waals surface area contributed by atoms with Crippen LogP contribution in [-0.4, -0.2) is 147 Å². The third kappa shape index (κ3) is 28.4. The van der Waals surface area contributed by atoms with Crippen LogP contribution in [0.15, 0.2) is 144 Å². The van der Waals surface area contributed by atoms with E-state index in [4.69, 9.17) is 65.9 Å². The Labute approximate surface area is 801 Å². The van der Waals surface area contributed by atoms with Crippen LogP contribution in [0.4, 0.5) is 65.5 Å². The summed E-state index contributed by atoms with van der Waals surface area (Å²) in [6.45, 7) is 23.6. The number of carbonyl (C=O) groups is 4. The summed E-state index contributed by atoms with van der Waals surface area (Å²) >= 11 is 8.31. The molecule has 4 aliphatic heterocycles. The molecule has 2 saturated heterocycles. The Morgan fingerprint density at radius 2 is 0.940 bits per heavy atom. The molecule has 31 nitrogen and oxygen atoms in total. The van der Waals surface area contributed by atoms with Crippen molar-refractivity contribution in [3.8, 4) is 57.7 Å². The maximum Gasteiger partial charge on any atom is 0.492 e. The smallest absolute Gasteiger partial charge is 0.466 e. The number of hydrogen-bond acceptors (Lipinski definition) is 25. The number of nitrogens with two attached hydrogens (primary N) is 3. The summed E-state index contributed by atoms with van der Waals surface area (Å²) in [5.74, 6) is -3.70. The Hall–Kier alpha value is -12.3. The number of unbranched alkanes of at least 4 members (excludes halogenated alkanes) is 1. The standard InChI is InChI=1S/C19H12F2N4O.C15H15FN4O2.C13H9FN4O.C12H24B2O4.C10H11IN2O2.C6H4BrF.C5H6BFN2O2.C5H4BrFN2.C5H13N/c1-24-10-16-14(17(24)8-22)7-18(26)25(13-4-2-11(20)3-5-13)19-15(16)6-12(21)9-23-19;1-3-22-14(21)5-10-12(8-20(2)13(10)6-17)11-4-9(16)7-19-15(11)18;1-18-6-10-8(11(18)4-15)3-12(19)17-13-9(10)2-7(14)5-16-13;1-9(2)10(3,4)16-13(15-9)14-17-11(5,6)12(7,8)18-14;1-3-15-10(14)4-7-8(11)6-13(2)9(7)5-12;7-5-1-3-6(8)4-2-5;7-3-1-4(6(10)11)5(8)9-2-3;6-4-1-3(7)2-9-5(4)8;1-3-4-5-6-2/h2-6,9-10H,7H2,1H3;4,7-8H,3,5H2,1-2H3,(H2,18,19);2,5-6H,3H2,1H3,(H,16,17,19);1-8H3;6H,3-4H2,1-2H3;1-4H;1-2,10-11H,(H2,8,9);1-2H,(H2,8,9);6H,3-5H2,1-2H3. The van der Waals surface area contributed by atoms with Crippen molar-refractivity contribution in [2.75, 3.05) is 54.2 Å². The van der Waals surface area contributed by atoms with Gasteiger partial charge < -0.3 is 84.2 Å². The molecule has 13 heterocycles. The second-order valence-electron chi connectivity index (χ2n) is 31.7. The van der Waals surface area contributed by atoms with Crippen molar-refractivity contribution in [2.45, 2.75) is 137 Å². The van der Waals surface area contributed by atoms with E-state index in [2.05, 4.69) is 115 Å². The highest BCUT2D eigenvalue weighted by Gasteiger charge is 2.64. The van der Waals surface area contributed by atoms with Crippen molar-refractivity contribution in [3.05, 3.63) is 233 Å². The van der Waals surface area contributed by atoms with E-state index >= 15 is 0 Å². The topological polar surface area (TPSA) is 449 Å². The van der Waals surface area contributed by atoms with Crippen molar-refractivity contribution >= 4 is 140 Å². The van der Waals surface area contributed by atoms with Crippen LogP contribution in [0.1, 0.15) is 134 Å². The summed E-state index contributed by atoms with van der Waals surface area (Å²) in [5, 5.41) is 59.7. The summed E-state index contributed by atoms with van der Waals surface area (Å²) < 4.78 is 133. The molecule has 0 atom stereocenters. The number of benzene rings is 2. The van der Waals surface area contributed by atoms with Gasteiger partial charge in [0.05, 0.1) is 102 Å². The SMILES string of the molecule is CC1(C)OB(B2OC(C)(C)C(C)(C)O2)OC1(C)C.CCCCNC.CCOC(=O)Cc1c(-c2cc(F)cnc2N)cn(C)c1C#N.CCOC(=O)Cc1c(I)cn(C)c1C#N.Cn1cc2c(c1C#N)CC(=O)N(c1ccc(F)cc1)c1ncc(F)cc1-2.Cn1cc2c(c1C#N)CC(=O)Nc1ncc(F)cc1-2.Fc1ccc(Br)cc1.Nc1ncc(F)cc1B(O)O.Nc1ncc(F)cc1Br. The van der Waals surface area contributed by atoms with Gasteiger partial charge in [-0.3, -0.25) is 24.1 Å². The Morgan fingerprint density at radius 3 is 1.39 bits per heavy atom. The second-order valence-corrected chi connectivity index (χ2v) is 34.6. The number of nitriles is 4. The number of nitrogens with one attached hydrogen (secondary N) is 2. The van der Waals surface area contributed by atoms with Crippen molar-refractivity contribution in [1.29, 1.82) is 21.0 Å². The molecule has 0 bridgehead atoms. The van der Waals surface area contributed by atoms with Gasteiger partial charge in [0.15, 0.2) is 0 Å². The normalized spacial score (nSPS) is 13.8. The summed E-state index contributed by atoms with van der Waals surface area (Å²) in [7, 11) is 6.12. The average molecular weight is 2090 g/mol. The molecule has 11 aromatic rings. The molecule has 0 unspecified atom stereocenters. The molecule has 2 fully saturated rings. The zero-order valence-electron chi connectivity index (χ0n) is 76.0. The summed E-state index contributed by atoms with van der Waals surface area (Å²) in [6, 6.07) is 25.8. The van der Waals surface area contributed by atoms with Crippen LogP contribution in [0, 0.1) is 89.6 Å². The van der Waals surface area contributed by atoms with E-state index in [0.29, 0.717) is 101 Å². The monoisotopic (exact) mass is 2090 g/mol. The quantitative estimate of drug-likeness (QED) is 0.0185. The lowest BCUT2D eigenvalue weighted by Gasteiger charge is -2.32. The lowest BCUT2D eigenvalue weighted by atomic mass is 9.49. The minimum Gasteiger partial charge on any atom is -0.466 e. The van der Waals surface area contributed by atoms with Crippen molar-refractivity contribution in [3.63, 3.8) is 0 Å². The number of hydrogen-bond donors (Lipinski definition) is 7. The molecular weight excluding hydrogens is 1990 g/mol. The fourth-order valence-electron chi connectivity index (χ4n) is 13.0. The number of rotatable bonds is 13. The van der Waals surface area contributed by atoms with Gasteiger partial charge in [0.1, 0.15) is 117 Å². The molecule has 0 radical (unpaired) electrons. The van der Waals surface area contributed by atoms with Crippen LogP contribution >= 0.6 is 54.5 Å². The number of ether oxygens (including phenoxy) is 2. The van der Waals surface area contributed by atoms with Crippen LogP contribution in [-0.2, 0) is 101 Å². The van der Waals surface area contributed by atoms with E-state index in [0.717, 1.165) is 57.2 Å². The number of aromatic nitrogens is 9. The fraction of sp³-hybridized carbons (Fsp3) is 0.322. The number of carbonyl (C=O) groups excluding carboxylic acids is 4. The first-order valence-corrected chi connectivity index (χ1v) is 43.7. The number of fused-ring (bicyclic) bond motifs is 6. The predicted octanol–water partition coefficient (Wildman–Crippen LogP) is 14.3. The minimum atomic E-state index is -1.78. The molecule has 704 valence electrons. The van der Waals surface area contributed by atoms with Crippen LogP contribution in [0.25, 0.3) is 33.4 Å². The molecule has 2 aromatic carbocycles. The van der Waals surface area contributed by atoms with Gasteiger partial charge in [-0.2, -0.15) is 21.0 Å². The van der Waals surface area contributed by atoms with Gasteiger partial charge in [0.25, 0.3) is 0 Å². The third-order valence-electron chi connectivity index (χ3n) is 21.1.